The largest absolute Gasteiger partial charge is 0.323 e. The van der Waals surface area contributed by atoms with Crippen LogP contribution in [0.25, 0.3) is 0 Å². The van der Waals surface area contributed by atoms with Crippen LogP contribution in [-0.2, 0) is 6.54 Å². The van der Waals surface area contributed by atoms with Crippen LogP contribution in [0.3, 0.4) is 0 Å². The first-order valence-corrected chi connectivity index (χ1v) is 7.57. The van der Waals surface area contributed by atoms with Crippen LogP contribution >= 0.6 is 11.6 Å². The maximum Gasteiger partial charge on any atom is 0.0834 e. The predicted molar refractivity (Wildman–Crippen MR) is 79.3 cm³/mol. The average Bonchev–Trinajstić information content (AvgIpc) is 2.96. The van der Waals surface area contributed by atoms with E-state index in [0.717, 1.165) is 31.1 Å². The van der Waals surface area contributed by atoms with Gasteiger partial charge in [-0.3, -0.25) is 4.68 Å². The van der Waals surface area contributed by atoms with Gasteiger partial charge in [-0.05, 0) is 26.4 Å². The number of aromatic nitrogens is 2. The lowest BCUT2D eigenvalue weighted by molar-refractivity contribution is 0.360. The van der Waals surface area contributed by atoms with Gasteiger partial charge in [0.15, 0.2) is 0 Å². The summed E-state index contributed by atoms with van der Waals surface area (Å²) in [5.41, 5.74) is 7.38. The van der Waals surface area contributed by atoms with E-state index in [1.54, 1.807) is 6.20 Å². The second-order valence-electron chi connectivity index (χ2n) is 5.90. The fourth-order valence-electron chi connectivity index (χ4n) is 2.93. The Labute approximate surface area is 120 Å². The van der Waals surface area contributed by atoms with Crippen LogP contribution in [0.2, 0.25) is 5.02 Å². The van der Waals surface area contributed by atoms with Gasteiger partial charge < -0.3 is 10.6 Å². The molecule has 1 fully saturated rings. The molecule has 1 heterocycles. The van der Waals surface area contributed by atoms with Gasteiger partial charge in [0.1, 0.15) is 0 Å². The van der Waals surface area contributed by atoms with E-state index >= 15 is 0 Å². The molecule has 1 atom stereocenters. The van der Waals surface area contributed by atoms with Gasteiger partial charge in [0.25, 0.3) is 0 Å². The van der Waals surface area contributed by atoms with Crippen LogP contribution in [0, 0.1) is 5.92 Å². The lowest BCUT2D eigenvalue weighted by Gasteiger charge is -2.19. The van der Waals surface area contributed by atoms with Gasteiger partial charge >= 0.3 is 0 Å². The van der Waals surface area contributed by atoms with E-state index in [0.29, 0.717) is 5.02 Å². The lowest BCUT2D eigenvalue weighted by Crippen LogP contribution is -2.24. The summed E-state index contributed by atoms with van der Waals surface area (Å²) in [7, 11) is 4.12. The van der Waals surface area contributed by atoms with E-state index in [1.807, 2.05) is 4.68 Å². The number of rotatable bonds is 6. The van der Waals surface area contributed by atoms with E-state index in [1.165, 1.54) is 25.7 Å². The van der Waals surface area contributed by atoms with Gasteiger partial charge in [0, 0.05) is 12.6 Å². The standard InChI is InChI=1S/C14H25ClN4/c1-18(2)7-8-19-14(12(15)10-17-19)13(16)9-11-5-3-4-6-11/h10-11,13H,3-9,16H2,1-2H3. The molecule has 19 heavy (non-hydrogen) atoms. The molecule has 1 aliphatic rings. The first-order chi connectivity index (χ1) is 9.08. The summed E-state index contributed by atoms with van der Waals surface area (Å²) in [6.07, 6.45) is 8.10. The van der Waals surface area contributed by atoms with Crippen molar-refractivity contribution >= 4 is 11.6 Å². The number of likely N-dealkylation sites (N-methyl/N-ethyl adjacent to an activating group) is 1. The highest BCUT2D eigenvalue weighted by Crippen LogP contribution is 2.33. The highest BCUT2D eigenvalue weighted by Gasteiger charge is 2.23. The zero-order chi connectivity index (χ0) is 13.8. The van der Waals surface area contributed by atoms with Gasteiger partial charge in [-0.15, -0.1) is 0 Å². The van der Waals surface area contributed by atoms with Crippen molar-refractivity contribution < 1.29 is 0 Å². The summed E-state index contributed by atoms with van der Waals surface area (Å²) in [4.78, 5) is 2.14. The second kappa shape index (κ2) is 6.73. The van der Waals surface area contributed by atoms with Crippen molar-refractivity contribution in [2.75, 3.05) is 20.6 Å². The maximum absolute atomic E-state index is 6.37. The molecule has 1 aromatic rings. The molecule has 0 bridgehead atoms. The smallest absolute Gasteiger partial charge is 0.0834 e. The third kappa shape index (κ3) is 3.94. The fraction of sp³-hybridized carbons (Fsp3) is 0.786. The molecule has 0 amide bonds. The summed E-state index contributed by atoms with van der Waals surface area (Å²) < 4.78 is 1.97. The van der Waals surface area contributed by atoms with Gasteiger partial charge in [-0.2, -0.15) is 5.10 Å². The van der Waals surface area contributed by atoms with E-state index in [-0.39, 0.29) is 6.04 Å². The molecule has 108 valence electrons. The number of hydrogen-bond donors (Lipinski definition) is 1. The third-order valence-electron chi connectivity index (χ3n) is 4.01. The minimum absolute atomic E-state index is 0.0141. The SMILES string of the molecule is CN(C)CCn1ncc(Cl)c1C(N)CC1CCCC1. The first-order valence-electron chi connectivity index (χ1n) is 7.19. The maximum atomic E-state index is 6.37. The number of nitrogens with two attached hydrogens (primary N) is 1. The highest BCUT2D eigenvalue weighted by atomic mass is 35.5. The molecular formula is C14H25ClN4. The molecule has 0 saturated heterocycles. The summed E-state index contributed by atoms with van der Waals surface area (Å²) in [6.45, 7) is 1.79. The van der Waals surface area contributed by atoms with Crippen molar-refractivity contribution in [2.24, 2.45) is 11.7 Å². The zero-order valence-electron chi connectivity index (χ0n) is 12.0. The normalized spacial score (nSPS) is 18.4. The molecule has 0 aromatic carbocycles. The van der Waals surface area contributed by atoms with Crippen molar-refractivity contribution in [3.63, 3.8) is 0 Å². The summed E-state index contributed by atoms with van der Waals surface area (Å²) >= 11 is 6.26. The molecule has 1 saturated carbocycles. The highest BCUT2D eigenvalue weighted by molar-refractivity contribution is 6.31. The molecule has 4 nitrogen and oxygen atoms in total. The monoisotopic (exact) mass is 284 g/mol. The van der Waals surface area contributed by atoms with Gasteiger partial charge in [0.2, 0.25) is 0 Å². The van der Waals surface area contributed by atoms with Crippen LogP contribution in [0.4, 0.5) is 0 Å². The first kappa shape index (κ1) is 14.8. The van der Waals surface area contributed by atoms with Crippen LogP contribution < -0.4 is 5.73 Å². The topological polar surface area (TPSA) is 47.1 Å². The van der Waals surface area contributed by atoms with E-state index in [2.05, 4.69) is 24.1 Å². The predicted octanol–water partition coefficient (Wildman–Crippen LogP) is 2.68. The molecule has 0 radical (unpaired) electrons. The average molecular weight is 285 g/mol. The third-order valence-corrected chi connectivity index (χ3v) is 4.30. The van der Waals surface area contributed by atoms with Crippen molar-refractivity contribution in [1.82, 2.24) is 14.7 Å². The fourth-order valence-corrected chi connectivity index (χ4v) is 3.21. The molecule has 0 aliphatic heterocycles. The second-order valence-corrected chi connectivity index (χ2v) is 6.30. The molecule has 5 heteroatoms. The van der Waals surface area contributed by atoms with E-state index < -0.39 is 0 Å². The van der Waals surface area contributed by atoms with Crippen molar-refractivity contribution in [3.05, 3.63) is 16.9 Å². The van der Waals surface area contributed by atoms with Gasteiger partial charge in [-0.1, -0.05) is 37.3 Å². The molecule has 1 unspecified atom stereocenters. The Morgan fingerprint density at radius 2 is 2.16 bits per heavy atom. The van der Waals surface area contributed by atoms with Crippen molar-refractivity contribution in [2.45, 2.75) is 44.7 Å². The summed E-state index contributed by atoms with van der Waals surface area (Å²) in [6, 6.07) is 0.0141. The summed E-state index contributed by atoms with van der Waals surface area (Å²) in [5, 5.41) is 5.07. The Hall–Kier alpha value is -0.580. The minimum atomic E-state index is 0.0141. The van der Waals surface area contributed by atoms with Crippen LogP contribution in [0.5, 0.6) is 0 Å². The molecule has 1 aliphatic carbocycles. The molecular weight excluding hydrogens is 260 g/mol. The molecule has 0 spiro atoms. The van der Waals surface area contributed by atoms with E-state index in [4.69, 9.17) is 17.3 Å². The molecule has 2 N–H and O–H groups in total. The van der Waals surface area contributed by atoms with Gasteiger partial charge in [0.05, 0.1) is 23.5 Å². The van der Waals surface area contributed by atoms with Crippen LogP contribution in [0.1, 0.15) is 43.8 Å². The van der Waals surface area contributed by atoms with Crippen LogP contribution in [-0.4, -0.2) is 35.3 Å². The van der Waals surface area contributed by atoms with Crippen LogP contribution in [0.15, 0.2) is 6.20 Å². The van der Waals surface area contributed by atoms with E-state index in [9.17, 15) is 0 Å². The van der Waals surface area contributed by atoms with Crippen molar-refractivity contribution in [3.8, 4) is 0 Å². The summed E-state index contributed by atoms with van der Waals surface area (Å²) in [5.74, 6) is 0.767. The number of halogens is 1. The Bertz CT molecular complexity index is 396. The zero-order valence-corrected chi connectivity index (χ0v) is 12.7. The number of hydrogen-bond acceptors (Lipinski definition) is 3. The minimum Gasteiger partial charge on any atom is -0.323 e. The Kier molecular flexibility index (Phi) is 5.25. The Balaban J connectivity index is 2.02. The Morgan fingerprint density at radius 1 is 1.47 bits per heavy atom. The molecule has 1 aromatic heterocycles. The van der Waals surface area contributed by atoms with Gasteiger partial charge in [-0.25, -0.2) is 0 Å². The quantitative estimate of drug-likeness (QED) is 0.874. The number of nitrogens with zero attached hydrogens (tertiary/aromatic N) is 3. The lowest BCUT2D eigenvalue weighted by atomic mass is 9.97. The van der Waals surface area contributed by atoms with Crippen molar-refractivity contribution in [1.29, 1.82) is 0 Å². The Morgan fingerprint density at radius 3 is 2.79 bits per heavy atom. The molecule has 2 rings (SSSR count).